The van der Waals surface area contributed by atoms with E-state index in [4.69, 9.17) is 5.84 Å². The summed E-state index contributed by atoms with van der Waals surface area (Å²) in [4.78, 5) is 13.1. The van der Waals surface area contributed by atoms with Crippen molar-refractivity contribution in [3.8, 4) is 0 Å². The van der Waals surface area contributed by atoms with Crippen LogP contribution >= 0.6 is 0 Å². The first-order valence-corrected chi connectivity index (χ1v) is 7.01. The highest BCUT2D eigenvalue weighted by Crippen LogP contribution is 2.23. The second kappa shape index (κ2) is 6.49. The Kier molecular flexibility index (Phi) is 4.70. The van der Waals surface area contributed by atoms with E-state index in [9.17, 15) is 0 Å². The summed E-state index contributed by atoms with van der Waals surface area (Å²) in [6.45, 7) is 8.79. The van der Waals surface area contributed by atoms with E-state index in [0.717, 1.165) is 22.8 Å². The Morgan fingerprint density at radius 1 is 1.19 bits per heavy atom. The van der Waals surface area contributed by atoms with Crippen molar-refractivity contribution < 1.29 is 0 Å². The minimum atomic E-state index is 0.237. The average Bonchev–Trinajstić information content (AvgIpc) is 2.47. The summed E-state index contributed by atoms with van der Waals surface area (Å²) in [6.07, 6.45) is 3.65. The fraction of sp³-hybridized carbons (Fsp3) is 0.400. The minimum absolute atomic E-state index is 0.237. The number of anilines is 2. The molecule has 2 rings (SSSR count). The van der Waals surface area contributed by atoms with Crippen LogP contribution in [0.25, 0.3) is 0 Å². The molecular weight excluding hydrogens is 264 g/mol. The third-order valence-corrected chi connectivity index (χ3v) is 3.40. The number of nitrogens with two attached hydrogens (primary N) is 1. The molecule has 4 N–H and O–H groups in total. The molecule has 0 aliphatic rings. The molecule has 112 valence electrons. The van der Waals surface area contributed by atoms with E-state index in [2.05, 4.69) is 39.5 Å². The summed E-state index contributed by atoms with van der Waals surface area (Å²) >= 11 is 0. The van der Waals surface area contributed by atoms with E-state index in [0.29, 0.717) is 12.4 Å². The highest BCUT2D eigenvalue weighted by molar-refractivity contribution is 5.57. The Morgan fingerprint density at radius 3 is 2.52 bits per heavy atom. The third kappa shape index (κ3) is 3.46. The summed E-state index contributed by atoms with van der Waals surface area (Å²) < 4.78 is 0. The molecule has 0 unspecified atom stereocenters. The molecule has 0 atom stereocenters. The molecule has 6 heteroatoms. The van der Waals surface area contributed by atoms with E-state index < -0.39 is 0 Å². The molecule has 2 heterocycles. The van der Waals surface area contributed by atoms with Crippen LogP contribution in [-0.4, -0.2) is 15.0 Å². The fourth-order valence-electron chi connectivity index (χ4n) is 1.98. The van der Waals surface area contributed by atoms with E-state index in [1.807, 2.05) is 26.1 Å². The van der Waals surface area contributed by atoms with Gasteiger partial charge in [0, 0.05) is 30.4 Å². The van der Waals surface area contributed by atoms with Crippen molar-refractivity contribution in [1.29, 1.82) is 0 Å². The predicted molar refractivity (Wildman–Crippen MR) is 85.0 cm³/mol. The molecule has 0 radical (unpaired) electrons. The van der Waals surface area contributed by atoms with Gasteiger partial charge in [0.1, 0.15) is 17.5 Å². The van der Waals surface area contributed by atoms with Crippen LogP contribution in [0.3, 0.4) is 0 Å². The van der Waals surface area contributed by atoms with E-state index >= 15 is 0 Å². The van der Waals surface area contributed by atoms with Crippen molar-refractivity contribution in [2.75, 3.05) is 10.7 Å². The topological polar surface area (TPSA) is 88.8 Å². The normalized spacial score (nSPS) is 10.8. The number of rotatable bonds is 5. The van der Waals surface area contributed by atoms with Gasteiger partial charge in [0.05, 0.1) is 0 Å². The van der Waals surface area contributed by atoms with Crippen molar-refractivity contribution in [3.05, 3.63) is 41.0 Å². The van der Waals surface area contributed by atoms with Crippen molar-refractivity contribution in [2.45, 2.75) is 40.2 Å². The van der Waals surface area contributed by atoms with E-state index in [1.165, 1.54) is 5.56 Å². The maximum Gasteiger partial charge on any atom is 0.148 e. The van der Waals surface area contributed by atoms with Gasteiger partial charge in [-0.2, -0.15) is 0 Å². The van der Waals surface area contributed by atoms with E-state index in [-0.39, 0.29) is 5.92 Å². The fourth-order valence-corrected chi connectivity index (χ4v) is 1.98. The lowest BCUT2D eigenvalue weighted by molar-refractivity contribution is 0.772. The van der Waals surface area contributed by atoms with Crippen molar-refractivity contribution in [1.82, 2.24) is 15.0 Å². The van der Waals surface area contributed by atoms with Gasteiger partial charge in [-0.3, -0.25) is 4.98 Å². The lowest BCUT2D eigenvalue weighted by Gasteiger charge is -2.15. The zero-order valence-electron chi connectivity index (χ0n) is 12.9. The zero-order valence-corrected chi connectivity index (χ0v) is 12.9. The summed E-state index contributed by atoms with van der Waals surface area (Å²) in [5.41, 5.74) is 5.89. The van der Waals surface area contributed by atoms with Gasteiger partial charge in [0.25, 0.3) is 0 Å². The van der Waals surface area contributed by atoms with Crippen LogP contribution in [0.15, 0.2) is 18.5 Å². The van der Waals surface area contributed by atoms with Crippen LogP contribution < -0.4 is 16.6 Å². The maximum atomic E-state index is 5.54. The Bertz CT molecular complexity index is 624. The molecule has 0 amide bonds. The Labute approximate surface area is 125 Å². The monoisotopic (exact) mass is 286 g/mol. The second-order valence-corrected chi connectivity index (χ2v) is 5.36. The molecule has 0 saturated carbocycles. The Balaban J connectivity index is 2.27. The van der Waals surface area contributed by atoms with Gasteiger partial charge >= 0.3 is 0 Å². The number of nitrogens with zero attached hydrogens (tertiary/aromatic N) is 3. The maximum absolute atomic E-state index is 5.54. The minimum Gasteiger partial charge on any atom is -0.366 e. The van der Waals surface area contributed by atoms with Gasteiger partial charge in [-0.25, -0.2) is 15.8 Å². The largest absolute Gasteiger partial charge is 0.366 e. The molecule has 0 spiro atoms. The molecule has 2 aromatic heterocycles. The van der Waals surface area contributed by atoms with Gasteiger partial charge in [0.15, 0.2) is 0 Å². The first-order valence-electron chi connectivity index (χ1n) is 7.01. The predicted octanol–water partition coefficient (Wildman–Crippen LogP) is 2.51. The van der Waals surface area contributed by atoms with Crippen molar-refractivity contribution in [2.24, 2.45) is 5.84 Å². The number of aryl methyl sites for hydroxylation is 1. The van der Waals surface area contributed by atoms with Gasteiger partial charge in [-0.15, -0.1) is 0 Å². The SMILES string of the molecule is Cc1cnccc1CNc1nc(C(C)C)nc(NN)c1C. The molecule has 0 bridgehead atoms. The first kappa shape index (κ1) is 15.2. The quantitative estimate of drug-likeness (QED) is 0.578. The van der Waals surface area contributed by atoms with Gasteiger partial charge in [0.2, 0.25) is 0 Å². The van der Waals surface area contributed by atoms with Gasteiger partial charge in [-0.1, -0.05) is 13.8 Å². The average molecular weight is 286 g/mol. The second-order valence-electron chi connectivity index (χ2n) is 5.36. The summed E-state index contributed by atoms with van der Waals surface area (Å²) in [6, 6.07) is 2.00. The molecule has 21 heavy (non-hydrogen) atoms. The number of aromatic nitrogens is 3. The smallest absolute Gasteiger partial charge is 0.148 e. The molecule has 0 aliphatic carbocycles. The lowest BCUT2D eigenvalue weighted by atomic mass is 10.1. The number of hydrogen-bond donors (Lipinski definition) is 3. The Morgan fingerprint density at radius 2 is 1.90 bits per heavy atom. The molecule has 6 nitrogen and oxygen atoms in total. The molecule has 0 aromatic carbocycles. The number of pyridine rings is 1. The molecular formula is C15H22N6. The summed E-state index contributed by atoms with van der Waals surface area (Å²) in [5, 5.41) is 3.37. The number of hydrogen-bond acceptors (Lipinski definition) is 6. The van der Waals surface area contributed by atoms with Crippen LogP contribution in [0.4, 0.5) is 11.6 Å². The molecule has 0 aliphatic heterocycles. The van der Waals surface area contributed by atoms with E-state index in [1.54, 1.807) is 6.20 Å². The lowest BCUT2D eigenvalue weighted by Crippen LogP contribution is -2.15. The summed E-state index contributed by atoms with van der Waals surface area (Å²) in [5.74, 6) is 8.01. The summed E-state index contributed by atoms with van der Waals surface area (Å²) in [7, 11) is 0. The van der Waals surface area contributed by atoms with Crippen LogP contribution in [0.1, 0.15) is 42.3 Å². The molecule has 0 fully saturated rings. The Hall–Kier alpha value is -2.21. The molecule has 0 saturated heterocycles. The standard InChI is InChI=1S/C15H22N6/c1-9(2)13-19-14(11(4)15(20-13)21-16)18-8-12-5-6-17-7-10(12)3/h5-7,9H,8,16H2,1-4H3,(H2,18,19,20,21). The highest BCUT2D eigenvalue weighted by Gasteiger charge is 2.12. The molecule has 2 aromatic rings. The van der Waals surface area contributed by atoms with Crippen molar-refractivity contribution in [3.63, 3.8) is 0 Å². The number of nitrogens with one attached hydrogen (secondary N) is 2. The van der Waals surface area contributed by atoms with Crippen LogP contribution in [0.5, 0.6) is 0 Å². The highest BCUT2D eigenvalue weighted by atomic mass is 15.3. The van der Waals surface area contributed by atoms with Crippen molar-refractivity contribution >= 4 is 11.6 Å². The third-order valence-electron chi connectivity index (χ3n) is 3.40. The number of hydrazine groups is 1. The van der Waals surface area contributed by atoms with Gasteiger partial charge in [-0.05, 0) is 31.0 Å². The van der Waals surface area contributed by atoms with Crippen LogP contribution in [-0.2, 0) is 6.54 Å². The number of nitrogen functional groups attached to an aromatic ring is 1. The first-order chi connectivity index (χ1) is 10.0. The van der Waals surface area contributed by atoms with Crippen LogP contribution in [0.2, 0.25) is 0 Å². The van der Waals surface area contributed by atoms with Gasteiger partial charge < -0.3 is 10.7 Å². The van der Waals surface area contributed by atoms with Crippen LogP contribution in [0, 0.1) is 13.8 Å². The zero-order chi connectivity index (χ0) is 15.4.